The third-order valence-electron chi connectivity index (χ3n) is 1.61. The highest BCUT2D eigenvalue weighted by atomic mass is 35.5. The van der Waals surface area contributed by atoms with E-state index in [9.17, 15) is 4.79 Å². The molecule has 0 saturated carbocycles. The summed E-state index contributed by atoms with van der Waals surface area (Å²) in [5.74, 6) is 0.188. The molecule has 1 heterocycles. The average Bonchev–Trinajstić information content (AvgIpc) is 2.27. The van der Waals surface area contributed by atoms with E-state index in [1.54, 1.807) is 7.05 Å². The van der Waals surface area contributed by atoms with Crippen LogP contribution in [0.1, 0.15) is 0 Å². The van der Waals surface area contributed by atoms with Crippen molar-refractivity contribution < 1.29 is 9.53 Å². The number of rotatable bonds is 7. The average molecular weight is 261 g/mol. The van der Waals surface area contributed by atoms with Crippen LogP contribution >= 0.6 is 11.6 Å². The lowest BCUT2D eigenvalue weighted by molar-refractivity contribution is -0.122. The Morgan fingerprint density at radius 1 is 1.41 bits per heavy atom. The van der Waals surface area contributed by atoms with Gasteiger partial charge in [0.05, 0.1) is 6.61 Å². The molecule has 0 fully saturated rings. The number of ether oxygens (including phenoxy) is 1. The van der Waals surface area contributed by atoms with Crippen LogP contribution in [0.2, 0.25) is 5.28 Å². The summed E-state index contributed by atoms with van der Waals surface area (Å²) in [7, 11) is 1.67. The van der Waals surface area contributed by atoms with Gasteiger partial charge in [0, 0.05) is 13.6 Å². The molecule has 0 aliphatic rings. The highest BCUT2D eigenvalue weighted by Gasteiger charge is 2.02. The molecule has 0 aliphatic carbocycles. The van der Waals surface area contributed by atoms with Gasteiger partial charge in [-0.05, 0) is 11.6 Å². The van der Waals surface area contributed by atoms with Crippen LogP contribution in [0.4, 0.5) is 11.9 Å². The molecule has 9 heteroatoms. The number of aromatic nitrogens is 3. The predicted octanol–water partition coefficient (Wildman–Crippen LogP) is -0.520. The first-order valence-corrected chi connectivity index (χ1v) is 5.19. The van der Waals surface area contributed by atoms with E-state index in [0.717, 1.165) is 0 Å². The maximum Gasteiger partial charge on any atom is 0.243 e. The van der Waals surface area contributed by atoms with Crippen molar-refractivity contribution in [2.75, 3.05) is 37.4 Å². The molecule has 0 unspecified atom stereocenters. The summed E-state index contributed by atoms with van der Waals surface area (Å²) in [5.41, 5.74) is 4.90. The molecule has 94 valence electrons. The Morgan fingerprint density at radius 2 is 2.12 bits per heavy atom. The first kappa shape index (κ1) is 13.4. The number of anilines is 2. The summed E-state index contributed by atoms with van der Waals surface area (Å²) in [6.07, 6.45) is 0. The van der Waals surface area contributed by atoms with E-state index in [-0.39, 0.29) is 11.9 Å². The summed E-state index contributed by atoms with van der Waals surface area (Å²) < 4.78 is 4.95. The van der Waals surface area contributed by atoms with Crippen LogP contribution in [0.25, 0.3) is 0 Å². The van der Waals surface area contributed by atoms with Gasteiger partial charge in [-0.15, -0.1) is 0 Å². The zero-order valence-corrected chi connectivity index (χ0v) is 9.99. The lowest BCUT2D eigenvalue weighted by Gasteiger charge is -2.06. The molecule has 0 spiro atoms. The minimum absolute atomic E-state index is 0.0879. The van der Waals surface area contributed by atoms with Crippen LogP contribution in [0.5, 0.6) is 0 Å². The zero-order valence-electron chi connectivity index (χ0n) is 9.23. The van der Waals surface area contributed by atoms with E-state index >= 15 is 0 Å². The van der Waals surface area contributed by atoms with E-state index in [2.05, 4.69) is 25.6 Å². The summed E-state index contributed by atoms with van der Waals surface area (Å²) in [4.78, 5) is 22.1. The third kappa shape index (κ3) is 5.27. The fraction of sp³-hybridized carbons (Fsp3) is 0.500. The summed E-state index contributed by atoms with van der Waals surface area (Å²) in [6, 6.07) is 0. The number of hydrogen-bond acceptors (Lipinski definition) is 7. The molecule has 0 saturated heterocycles. The highest BCUT2D eigenvalue weighted by molar-refractivity contribution is 6.28. The number of halogens is 1. The molecule has 0 bridgehead atoms. The summed E-state index contributed by atoms with van der Waals surface area (Å²) in [5, 5.41) is 5.70. The maximum absolute atomic E-state index is 10.4. The van der Waals surface area contributed by atoms with E-state index in [1.165, 1.54) is 0 Å². The van der Waals surface area contributed by atoms with Crippen molar-refractivity contribution in [1.29, 1.82) is 0 Å². The molecule has 0 radical (unpaired) electrons. The first-order valence-electron chi connectivity index (χ1n) is 4.81. The first-order chi connectivity index (χ1) is 8.11. The van der Waals surface area contributed by atoms with E-state index < -0.39 is 5.91 Å². The number of carbonyl (C=O) groups is 1. The molecular formula is C8H13ClN6O2. The zero-order chi connectivity index (χ0) is 12.7. The van der Waals surface area contributed by atoms with Crippen molar-refractivity contribution >= 4 is 29.4 Å². The van der Waals surface area contributed by atoms with Crippen molar-refractivity contribution in [2.45, 2.75) is 0 Å². The van der Waals surface area contributed by atoms with Crippen LogP contribution in [-0.2, 0) is 9.53 Å². The SMILES string of the molecule is CNc1nc(Cl)nc(NCCOCC(N)=O)n1. The second-order valence-corrected chi connectivity index (χ2v) is 3.29. The Balaban J connectivity index is 2.36. The predicted molar refractivity (Wildman–Crippen MR) is 62.9 cm³/mol. The van der Waals surface area contributed by atoms with Gasteiger partial charge in [0.15, 0.2) is 0 Å². The largest absolute Gasteiger partial charge is 0.370 e. The summed E-state index contributed by atoms with van der Waals surface area (Å²) in [6.45, 7) is 0.624. The fourth-order valence-corrected chi connectivity index (χ4v) is 1.11. The van der Waals surface area contributed by atoms with Gasteiger partial charge in [-0.1, -0.05) is 0 Å². The molecule has 8 nitrogen and oxygen atoms in total. The Morgan fingerprint density at radius 3 is 2.76 bits per heavy atom. The Hall–Kier alpha value is -1.67. The van der Waals surface area contributed by atoms with Crippen molar-refractivity contribution in [2.24, 2.45) is 5.73 Å². The van der Waals surface area contributed by atoms with Crippen molar-refractivity contribution in [3.63, 3.8) is 0 Å². The van der Waals surface area contributed by atoms with Gasteiger partial charge in [-0.3, -0.25) is 4.79 Å². The molecule has 17 heavy (non-hydrogen) atoms. The van der Waals surface area contributed by atoms with E-state index in [1.807, 2.05) is 0 Å². The fourth-order valence-electron chi connectivity index (χ4n) is 0.949. The van der Waals surface area contributed by atoms with Crippen molar-refractivity contribution in [3.8, 4) is 0 Å². The minimum Gasteiger partial charge on any atom is -0.370 e. The lowest BCUT2D eigenvalue weighted by Crippen LogP contribution is -2.21. The molecule has 1 aromatic heterocycles. The Labute approximate surface area is 103 Å². The molecule has 4 N–H and O–H groups in total. The molecule has 0 aliphatic heterocycles. The minimum atomic E-state index is -0.509. The van der Waals surface area contributed by atoms with Crippen LogP contribution in [0.3, 0.4) is 0 Å². The van der Waals surface area contributed by atoms with E-state index in [0.29, 0.717) is 25.0 Å². The van der Waals surface area contributed by atoms with Crippen LogP contribution in [0.15, 0.2) is 0 Å². The van der Waals surface area contributed by atoms with E-state index in [4.69, 9.17) is 22.1 Å². The topological polar surface area (TPSA) is 115 Å². The van der Waals surface area contributed by atoms with Gasteiger partial charge in [-0.25, -0.2) is 0 Å². The number of amides is 1. The van der Waals surface area contributed by atoms with Gasteiger partial charge < -0.3 is 21.1 Å². The number of hydrogen-bond donors (Lipinski definition) is 3. The highest BCUT2D eigenvalue weighted by Crippen LogP contribution is 2.08. The van der Waals surface area contributed by atoms with Gasteiger partial charge >= 0.3 is 0 Å². The third-order valence-corrected chi connectivity index (χ3v) is 1.77. The smallest absolute Gasteiger partial charge is 0.243 e. The van der Waals surface area contributed by atoms with Crippen LogP contribution in [-0.4, -0.2) is 47.7 Å². The lowest BCUT2D eigenvalue weighted by atomic mass is 10.6. The molecule has 1 amide bonds. The van der Waals surface area contributed by atoms with Gasteiger partial charge in [0.2, 0.25) is 23.1 Å². The van der Waals surface area contributed by atoms with Crippen molar-refractivity contribution in [1.82, 2.24) is 15.0 Å². The van der Waals surface area contributed by atoms with Crippen LogP contribution in [0, 0.1) is 0 Å². The Bertz CT molecular complexity index is 388. The number of nitrogens with one attached hydrogen (secondary N) is 2. The standard InChI is InChI=1S/C8H13ClN6O2/c1-11-7-13-6(9)14-8(15-7)12-2-3-17-4-5(10)16/h2-4H2,1H3,(H2,10,16)(H2,11,12,13,14,15). The normalized spacial score (nSPS) is 10.0. The maximum atomic E-state index is 10.4. The van der Waals surface area contributed by atoms with Gasteiger partial charge in [-0.2, -0.15) is 15.0 Å². The molecule has 0 aromatic carbocycles. The second-order valence-electron chi connectivity index (χ2n) is 2.95. The molecule has 0 atom stereocenters. The molecular weight excluding hydrogens is 248 g/mol. The van der Waals surface area contributed by atoms with Gasteiger partial charge in [0.25, 0.3) is 0 Å². The van der Waals surface area contributed by atoms with Crippen LogP contribution < -0.4 is 16.4 Å². The molecule has 1 rings (SSSR count). The number of primary amides is 1. The summed E-state index contributed by atoms with van der Waals surface area (Å²) >= 11 is 5.68. The second kappa shape index (κ2) is 6.81. The monoisotopic (exact) mass is 260 g/mol. The number of carbonyl (C=O) groups excluding carboxylic acids is 1. The van der Waals surface area contributed by atoms with Crippen molar-refractivity contribution in [3.05, 3.63) is 5.28 Å². The number of nitrogens with zero attached hydrogens (tertiary/aromatic N) is 3. The quantitative estimate of drug-likeness (QED) is 0.565. The number of nitrogens with two attached hydrogens (primary N) is 1. The Kier molecular flexibility index (Phi) is 5.37. The molecule has 1 aromatic rings. The van der Waals surface area contributed by atoms with Gasteiger partial charge in [0.1, 0.15) is 6.61 Å².